The third-order valence-electron chi connectivity index (χ3n) is 18.3. The van der Waals surface area contributed by atoms with Crippen LogP contribution in [-0.4, -0.2) is 74.3 Å². The van der Waals surface area contributed by atoms with Crippen molar-refractivity contribution in [1.82, 2.24) is 10.2 Å². The first kappa shape index (κ1) is 40.0. The topological polar surface area (TPSA) is 86.7 Å². The molecule has 53 heavy (non-hydrogen) atoms. The number of carboxylic acids is 1. The Morgan fingerprint density at radius 3 is 2.38 bits per heavy atom. The average molecular weight is 757 g/mol. The summed E-state index contributed by atoms with van der Waals surface area (Å²) in [4.78, 5) is 14.4. The highest BCUT2D eigenvalue weighted by molar-refractivity contribution is 7.91. The lowest BCUT2D eigenvalue weighted by Crippen LogP contribution is -2.68. The van der Waals surface area contributed by atoms with E-state index in [0.29, 0.717) is 72.3 Å². The number of rotatable bonds is 8. The van der Waals surface area contributed by atoms with Gasteiger partial charge in [-0.1, -0.05) is 67.5 Å². The van der Waals surface area contributed by atoms with Crippen molar-refractivity contribution in [3.8, 4) is 0 Å². The van der Waals surface area contributed by atoms with E-state index in [2.05, 4.69) is 77.8 Å². The molecule has 1 saturated heterocycles. The normalized spacial score (nSPS) is 46.6. The molecule has 6 nitrogen and oxygen atoms in total. The number of hydrogen-bond acceptors (Lipinski definition) is 5. The minimum atomic E-state index is -2.95. The van der Waals surface area contributed by atoms with Crippen molar-refractivity contribution in [2.45, 2.75) is 138 Å². The van der Waals surface area contributed by atoms with Crippen LogP contribution in [0.25, 0.3) is 0 Å². The van der Waals surface area contributed by atoms with Gasteiger partial charge in [0, 0.05) is 31.7 Å². The maximum atomic E-state index is 14.0. The molecule has 11 atom stereocenters. The minimum Gasteiger partial charge on any atom is -0.481 e. The summed E-state index contributed by atoms with van der Waals surface area (Å²) in [6, 6.07) is 0. The Morgan fingerprint density at radius 1 is 0.962 bits per heavy atom. The number of allylic oxidation sites excluding steroid dienone is 4. The quantitative estimate of drug-likeness (QED) is 0.257. The van der Waals surface area contributed by atoms with E-state index in [1.54, 1.807) is 0 Å². The maximum Gasteiger partial charge on any atom is 0.312 e. The lowest BCUT2D eigenvalue weighted by atomic mass is 9.32. The summed E-state index contributed by atoms with van der Waals surface area (Å²) in [6.07, 6.45) is 17.3. The predicted octanol–water partition coefficient (Wildman–Crippen LogP) is 9.12. The van der Waals surface area contributed by atoms with Crippen LogP contribution in [0.2, 0.25) is 0 Å². The molecule has 4 saturated carbocycles. The van der Waals surface area contributed by atoms with E-state index in [1.807, 2.05) is 0 Å². The minimum absolute atomic E-state index is 0.00790. The third kappa shape index (κ3) is 6.26. The first-order chi connectivity index (χ1) is 24.8. The highest BCUT2D eigenvalue weighted by Crippen LogP contribution is 2.76. The fourth-order valence-corrected chi connectivity index (χ4v) is 17.1. The van der Waals surface area contributed by atoms with Crippen molar-refractivity contribution < 1.29 is 22.7 Å². The average Bonchev–Trinajstić information content (AvgIpc) is 3.40. The molecular formula is C45H73FN2O4S. The molecule has 1 unspecified atom stereocenters. The smallest absolute Gasteiger partial charge is 0.312 e. The number of nitrogens with one attached hydrogen (secondary N) is 1. The Balaban J connectivity index is 1.12. The van der Waals surface area contributed by atoms with Gasteiger partial charge in [0.2, 0.25) is 0 Å². The molecule has 7 rings (SSSR count). The molecular weight excluding hydrogens is 684 g/mol. The molecule has 7 aliphatic rings. The van der Waals surface area contributed by atoms with Crippen LogP contribution in [0.1, 0.15) is 132 Å². The van der Waals surface area contributed by atoms with Crippen molar-refractivity contribution in [1.29, 1.82) is 0 Å². The van der Waals surface area contributed by atoms with E-state index < -0.39 is 27.9 Å². The molecule has 6 aliphatic carbocycles. The Kier molecular flexibility index (Phi) is 10.3. The van der Waals surface area contributed by atoms with Crippen molar-refractivity contribution in [3.05, 3.63) is 23.3 Å². The fraction of sp³-hybridized carbons (Fsp3) is 0.889. The van der Waals surface area contributed by atoms with E-state index in [4.69, 9.17) is 0 Å². The zero-order valence-corrected chi connectivity index (χ0v) is 35.4. The summed E-state index contributed by atoms with van der Waals surface area (Å²) in [5.74, 6) is 3.85. The second kappa shape index (κ2) is 13.7. The summed E-state index contributed by atoms with van der Waals surface area (Å²) >= 11 is 0. The first-order valence-corrected chi connectivity index (χ1v) is 23.5. The summed E-state index contributed by atoms with van der Waals surface area (Å²) in [7, 11) is -2.95. The largest absolute Gasteiger partial charge is 0.481 e. The van der Waals surface area contributed by atoms with Gasteiger partial charge in [0.05, 0.1) is 16.9 Å². The summed E-state index contributed by atoms with van der Waals surface area (Å²) < 4.78 is 38.9. The van der Waals surface area contributed by atoms with Crippen LogP contribution in [0.5, 0.6) is 0 Å². The number of fused-ring (bicyclic) bond motifs is 7. The van der Waals surface area contributed by atoms with Crippen LogP contribution in [0.15, 0.2) is 23.3 Å². The number of alkyl halides is 1. The van der Waals surface area contributed by atoms with E-state index in [9.17, 15) is 22.7 Å². The highest BCUT2D eigenvalue weighted by Gasteiger charge is 2.70. The number of halogens is 1. The summed E-state index contributed by atoms with van der Waals surface area (Å²) in [5, 5.41) is 14.1. The molecule has 2 N–H and O–H groups in total. The van der Waals surface area contributed by atoms with Crippen molar-refractivity contribution in [3.63, 3.8) is 0 Å². The van der Waals surface area contributed by atoms with E-state index >= 15 is 0 Å². The monoisotopic (exact) mass is 757 g/mol. The molecule has 300 valence electrons. The van der Waals surface area contributed by atoms with Crippen LogP contribution in [0.3, 0.4) is 0 Å². The van der Waals surface area contributed by atoms with Gasteiger partial charge in [-0.05, 0) is 151 Å². The van der Waals surface area contributed by atoms with Gasteiger partial charge in [-0.15, -0.1) is 0 Å². The zero-order chi connectivity index (χ0) is 38.4. The van der Waals surface area contributed by atoms with Crippen molar-refractivity contribution in [2.75, 3.05) is 44.4 Å². The van der Waals surface area contributed by atoms with Gasteiger partial charge in [0.25, 0.3) is 0 Å². The van der Waals surface area contributed by atoms with E-state index in [-0.39, 0.29) is 27.7 Å². The molecule has 0 aromatic carbocycles. The Hall–Kier alpha value is -1.25. The molecule has 0 aromatic heterocycles. The lowest BCUT2D eigenvalue weighted by molar-refractivity contribution is -0.223. The predicted molar refractivity (Wildman–Crippen MR) is 213 cm³/mol. The molecule has 0 bridgehead atoms. The molecule has 0 aromatic rings. The Labute approximate surface area is 321 Å². The SMILES string of the molecule is CC1CN(CCN[C@]23CC[C@@H](C(C)C)[C@@H]2[C@H]2CC[C@@H]4[C@@]5(C)CC=C(C6=CC[C@@](CF)(C(=O)O)CC6)C(C)(C)[C@@H]5CC[C@@]4(C)[C@]2(C)CC3)CCS(=O)(=O)C1. The molecule has 5 fully saturated rings. The van der Waals surface area contributed by atoms with Gasteiger partial charge in [-0.3, -0.25) is 4.79 Å². The third-order valence-corrected chi connectivity index (χ3v) is 20.2. The lowest BCUT2D eigenvalue weighted by Gasteiger charge is -2.72. The Bertz CT molecular complexity index is 1610. The number of aliphatic carboxylic acids is 1. The van der Waals surface area contributed by atoms with Gasteiger partial charge in [0.1, 0.15) is 6.67 Å². The van der Waals surface area contributed by atoms with Crippen molar-refractivity contribution in [2.24, 2.45) is 68.5 Å². The molecule has 0 spiro atoms. The van der Waals surface area contributed by atoms with Gasteiger partial charge < -0.3 is 15.3 Å². The summed E-state index contributed by atoms with van der Waals surface area (Å²) in [6.45, 7) is 22.7. The van der Waals surface area contributed by atoms with Crippen LogP contribution in [0, 0.1) is 68.5 Å². The number of carboxylic acid groups (broad SMARTS) is 1. The molecule has 0 amide bonds. The van der Waals surface area contributed by atoms with Gasteiger partial charge in [-0.2, -0.15) is 0 Å². The molecule has 8 heteroatoms. The highest BCUT2D eigenvalue weighted by atomic mass is 32.2. The standard InChI is InChI=1S/C45H73FN2O4S/c1-30(2)33-13-20-45(47-23-24-48-25-26-53(51,52)28-31(3)27-48)22-21-42(7)35(38(33)45)9-10-37-41(6)16-14-34(40(4,5)36(41)15-17-43(37,42)8)32-11-18-44(29-46,19-12-32)39(49)50/h11,14,30-31,33,35-38,47H,9-10,12-13,15-29H2,1-8H3,(H,49,50)/t31?,33-,35+,36-,37+,38+,41-,42+,43+,44+,45-/m0/s1. The van der Waals surface area contributed by atoms with Gasteiger partial charge in [0.15, 0.2) is 9.84 Å². The van der Waals surface area contributed by atoms with E-state index in [1.165, 1.54) is 62.5 Å². The molecule has 0 radical (unpaired) electrons. The number of sulfone groups is 1. The summed E-state index contributed by atoms with van der Waals surface area (Å²) in [5.41, 5.74) is 2.39. The first-order valence-electron chi connectivity index (χ1n) is 21.6. The molecule has 1 heterocycles. The number of carbonyl (C=O) groups is 1. The second-order valence-corrected chi connectivity index (χ2v) is 23.7. The fourth-order valence-electron chi connectivity index (χ4n) is 15.4. The van der Waals surface area contributed by atoms with Crippen molar-refractivity contribution >= 4 is 15.8 Å². The van der Waals surface area contributed by atoms with Gasteiger partial charge in [-0.25, -0.2) is 12.8 Å². The Morgan fingerprint density at radius 2 is 1.72 bits per heavy atom. The van der Waals surface area contributed by atoms with Crippen LogP contribution in [-0.2, 0) is 14.6 Å². The van der Waals surface area contributed by atoms with Crippen LogP contribution < -0.4 is 5.32 Å². The van der Waals surface area contributed by atoms with Gasteiger partial charge >= 0.3 is 5.97 Å². The zero-order valence-electron chi connectivity index (χ0n) is 34.5. The number of hydrogen-bond donors (Lipinski definition) is 2. The van der Waals surface area contributed by atoms with Crippen LogP contribution in [0.4, 0.5) is 4.39 Å². The second-order valence-electron chi connectivity index (χ2n) is 21.4. The maximum absolute atomic E-state index is 14.0. The number of nitrogens with zero attached hydrogens (tertiary/aromatic N) is 1. The molecule has 1 aliphatic heterocycles. The van der Waals surface area contributed by atoms with E-state index in [0.717, 1.165) is 32.0 Å². The van der Waals surface area contributed by atoms with Crippen LogP contribution >= 0.6 is 0 Å².